The number of β-amino-alcohol motifs (C(OH)–C–C–N with tert-alkyl or cyclic N) is 1. The van der Waals surface area contributed by atoms with Gasteiger partial charge in [-0.15, -0.1) is 0 Å². The molecule has 7 nitrogen and oxygen atoms in total. The van der Waals surface area contributed by atoms with Crippen LogP contribution >= 0.6 is 0 Å². The summed E-state index contributed by atoms with van der Waals surface area (Å²) >= 11 is 0. The molecule has 1 aliphatic carbocycles. The molecule has 2 saturated heterocycles. The van der Waals surface area contributed by atoms with Crippen LogP contribution in [0.5, 0.6) is 5.75 Å². The summed E-state index contributed by atoms with van der Waals surface area (Å²) in [6.45, 7) is 6.01. The van der Waals surface area contributed by atoms with Crippen LogP contribution in [0, 0.1) is 12.3 Å². The molecule has 4 rings (SSSR count). The number of aryl methyl sites for hydroxylation is 1. The summed E-state index contributed by atoms with van der Waals surface area (Å²) < 4.78 is 4.97. The van der Waals surface area contributed by atoms with Crippen molar-refractivity contribution in [1.82, 2.24) is 16.0 Å². The van der Waals surface area contributed by atoms with Crippen LogP contribution in [0.15, 0.2) is 24.3 Å². The number of carbonyl (C=O) groups is 1. The second-order valence-corrected chi connectivity index (χ2v) is 7.65. The molecule has 0 aromatic heterocycles. The Kier molecular flexibility index (Phi) is 8.34. The molecule has 1 amide bonds. The highest BCUT2D eigenvalue weighted by molar-refractivity contribution is 5.65. The summed E-state index contributed by atoms with van der Waals surface area (Å²) in [5.41, 5.74) is 1.70. The highest BCUT2D eigenvalue weighted by atomic mass is 16.5. The van der Waals surface area contributed by atoms with Gasteiger partial charge in [-0.1, -0.05) is 17.7 Å². The molecule has 5 N–H and O–H groups in total. The Bertz CT molecular complexity index is 559. The number of hydrogen-bond donors (Lipinski definition) is 5. The molecule has 0 bridgehead atoms. The van der Waals surface area contributed by atoms with Crippen molar-refractivity contribution >= 4 is 6.09 Å². The molecule has 2 aliphatic heterocycles. The minimum Gasteiger partial charge on any atom is -0.497 e. The van der Waals surface area contributed by atoms with Gasteiger partial charge in [0.25, 0.3) is 0 Å². The largest absolute Gasteiger partial charge is 0.497 e. The van der Waals surface area contributed by atoms with E-state index in [1.165, 1.54) is 12.0 Å². The van der Waals surface area contributed by atoms with Gasteiger partial charge >= 0.3 is 6.09 Å². The number of ether oxygens (including phenoxy) is 1. The van der Waals surface area contributed by atoms with E-state index >= 15 is 0 Å². The van der Waals surface area contributed by atoms with Crippen LogP contribution in [0.3, 0.4) is 0 Å². The second-order valence-electron chi connectivity index (χ2n) is 7.65. The Labute approximate surface area is 161 Å². The van der Waals surface area contributed by atoms with E-state index in [0.717, 1.165) is 51.2 Å². The fourth-order valence-electron chi connectivity index (χ4n) is 3.72. The second kappa shape index (κ2) is 10.5. The number of benzene rings is 1. The van der Waals surface area contributed by atoms with Crippen LogP contribution in [-0.4, -0.2) is 61.7 Å². The third-order valence-electron chi connectivity index (χ3n) is 5.31. The molecular formula is C20H33N3O4. The van der Waals surface area contributed by atoms with Crippen LogP contribution in [0.1, 0.15) is 31.2 Å². The Morgan fingerprint density at radius 3 is 2.33 bits per heavy atom. The molecule has 1 spiro atoms. The highest BCUT2D eigenvalue weighted by Crippen LogP contribution is 2.45. The van der Waals surface area contributed by atoms with Gasteiger partial charge in [0.1, 0.15) is 5.75 Å². The van der Waals surface area contributed by atoms with Gasteiger partial charge in [-0.2, -0.15) is 0 Å². The summed E-state index contributed by atoms with van der Waals surface area (Å²) in [7, 11) is 1.67. The van der Waals surface area contributed by atoms with E-state index in [0.29, 0.717) is 5.41 Å². The molecule has 1 aromatic rings. The van der Waals surface area contributed by atoms with Crippen molar-refractivity contribution in [2.75, 3.05) is 33.3 Å². The van der Waals surface area contributed by atoms with Crippen LogP contribution in [-0.2, 0) is 0 Å². The number of amides is 1. The first-order chi connectivity index (χ1) is 12.9. The zero-order valence-electron chi connectivity index (χ0n) is 16.3. The minimum absolute atomic E-state index is 0.0648. The quantitative estimate of drug-likeness (QED) is 0.536. The van der Waals surface area contributed by atoms with E-state index in [-0.39, 0.29) is 12.1 Å². The van der Waals surface area contributed by atoms with Crippen LogP contribution in [0.4, 0.5) is 4.79 Å². The van der Waals surface area contributed by atoms with Gasteiger partial charge < -0.3 is 30.9 Å². The molecule has 2 heterocycles. The smallest absolute Gasteiger partial charge is 0.404 e. The van der Waals surface area contributed by atoms with Gasteiger partial charge in [0, 0.05) is 19.1 Å². The van der Waals surface area contributed by atoms with Gasteiger partial charge in [-0.25, -0.2) is 4.79 Å². The van der Waals surface area contributed by atoms with Crippen molar-refractivity contribution in [3.05, 3.63) is 29.8 Å². The standard InChI is InChI=1S/C8H14N2O2.C8H10O.C4H9NO/c11-7(12)10-6-3-8(4-6)1-2-9-5-8;1-7-3-5-8(9-2)6-4-7;6-4-1-2-5-3-4/h6,9-10H,1-5H2,(H,11,12);3-6H,1-2H3;4-6H,1-3H2. The number of nitrogens with one attached hydrogen (secondary N) is 3. The van der Waals surface area contributed by atoms with Crippen molar-refractivity contribution in [3.63, 3.8) is 0 Å². The highest BCUT2D eigenvalue weighted by Gasteiger charge is 2.46. The zero-order chi connectivity index (χ0) is 19.7. The van der Waals surface area contributed by atoms with Crippen molar-refractivity contribution < 1.29 is 19.7 Å². The van der Waals surface area contributed by atoms with E-state index in [1.54, 1.807) is 7.11 Å². The molecule has 1 aromatic carbocycles. The molecule has 1 atom stereocenters. The van der Waals surface area contributed by atoms with Crippen molar-refractivity contribution in [1.29, 1.82) is 0 Å². The number of carboxylic acid groups (broad SMARTS) is 1. The first kappa shape index (κ1) is 21.5. The van der Waals surface area contributed by atoms with Gasteiger partial charge in [0.2, 0.25) is 0 Å². The third kappa shape index (κ3) is 7.36. The number of aliphatic hydroxyl groups excluding tert-OH is 1. The fraction of sp³-hybridized carbons (Fsp3) is 0.650. The van der Waals surface area contributed by atoms with Gasteiger partial charge in [-0.3, -0.25) is 0 Å². The molecule has 152 valence electrons. The lowest BCUT2D eigenvalue weighted by atomic mass is 9.65. The SMILES string of the molecule is COc1ccc(C)cc1.O=C(O)NC1CC2(CCNC2)C1.OC1CCNC1. The van der Waals surface area contributed by atoms with E-state index < -0.39 is 6.09 Å². The predicted octanol–water partition coefficient (Wildman–Crippen LogP) is 1.74. The van der Waals surface area contributed by atoms with E-state index in [9.17, 15) is 4.79 Å². The van der Waals surface area contributed by atoms with Gasteiger partial charge in [0.05, 0.1) is 13.2 Å². The average Bonchev–Trinajstić information content (AvgIpc) is 3.28. The Balaban J connectivity index is 0.000000154. The zero-order valence-corrected chi connectivity index (χ0v) is 16.3. The lowest BCUT2D eigenvalue weighted by molar-refractivity contribution is 0.1000. The normalized spacial score (nSPS) is 28.3. The number of methoxy groups -OCH3 is 1. The van der Waals surface area contributed by atoms with Gasteiger partial charge in [-0.05, 0) is 63.2 Å². The molecule has 3 aliphatic rings. The molecule has 0 radical (unpaired) electrons. The monoisotopic (exact) mass is 379 g/mol. The van der Waals surface area contributed by atoms with Crippen molar-refractivity contribution in [2.45, 2.75) is 44.8 Å². The molecule has 1 saturated carbocycles. The van der Waals surface area contributed by atoms with E-state index in [4.69, 9.17) is 14.9 Å². The minimum atomic E-state index is -0.888. The fourth-order valence-corrected chi connectivity index (χ4v) is 3.72. The lowest BCUT2D eigenvalue weighted by Gasteiger charge is -2.44. The Hall–Kier alpha value is -1.83. The summed E-state index contributed by atoms with van der Waals surface area (Å²) in [5.74, 6) is 0.917. The van der Waals surface area contributed by atoms with Crippen LogP contribution in [0.25, 0.3) is 0 Å². The van der Waals surface area contributed by atoms with E-state index in [2.05, 4.69) is 22.9 Å². The summed E-state index contributed by atoms with van der Waals surface area (Å²) in [4.78, 5) is 10.3. The average molecular weight is 380 g/mol. The molecular weight excluding hydrogens is 346 g/mol. The van der Waals surface area contributed by atoms with E-state index in [1.807, 2.05) is 24.3 Å². The lowest BCUT2D eigenvalue weighted by Crippen LogP contribution is -2.51. The van der Waals surface area contributed by atoms with Gasteiger partial charge in [0.15, 0.2) is 0 Å². The third-order valence-corrected chi connectivity index (χ3v) is 5.31. The topological polar surface area (TPSA) is 103 Å². The molecule has 3 fully saturated rings. The number of hydrogen-bond acceptors (Lipinski definition) is 5. The Morgan fingerprint density at radius 1 is 1.22 bits per heavy atom. The number of rotatable bonds is 2. The maximum absolute atomic E-state index is 10.3. The Morgan fingerprint density at radius 2 is 1.93 bits per heavy atom. The maximum Gasteiger partial charge on any atom is 0.404 e. The first-order valence-electron chi connectivity index (χ1n) is 9.62. The molecule has 1 unspecified atom stereocenters. The predicted molar refractivity (Wildman–Crippen MR) is 105 cm³/mol. The molecule has 27 heavy (non-hydrogen) atoms. The van der Waals surface area contributed by atoms with Crippen molar-refractivity contribution in [3.8, 4) is 5.75 Å². The van der Waals surface area contributed by atoms with Crippen molar-refractivity contribution in [2.24, 2.45) is 5.41 Å². The maximum atomic E-state index is 10.3. The summed E-state index contributed by atoms with van der Waals surface area (Å²) in [6, 6.07) is 8.17. The van der Waals surface area contributed by atoms with Crippen LogP contribution in [0.2, 0.25) is 0 Å². The summed E-state index contributed by atoms with van der Waals surface area (Å²) in [5, 5.41) is 26.0. The summed E-state index contributed by atoms with van der Waals surface area (Å²) in [6.07, 6.45) is 3.23. The van der Waals surface area contributed by atoms with Crippen LogP contribution < -0.4 is 20.7 Å². The first-order valence-corrected chi connectivity index (χ1v) is 9.62. The number of aliphatic hydroxyl groups is 1. The molecule has 7 heteroatoms.